The van der Waals surface area contributed by atoms with Gasteiger partial charge in [-0.1, -0.05) is 105 Å². The molecule has 6 rings (SSSR count). The van der Waals surface area contributed by atoms with Gasteiger partial charge in [-0.2, -0.15) is 0 Å². The molecular weight excluding hydrogens is 730 g/mol. The maximum absolute atomic E-state index is 11.6. The number of hydrogen-bond acceptors (Lipinski definition) is 5. The van der Waals surface area contributed by atoms with Crippen molar-refractivity contribution in [2.24, 2.45) is 0 Å². The number of phenolic OH excluding ortho intramolecular Hbond substituents is 1. The van der Waals surface area contributed by atoms with Crippen molar-refractivity contribution >= 4 is 22.5 Å². The molecule has 0 aliphatic heterocycles. The molecule has 0 unspecified atom stereocenters. The largest absolute Gasteiger partial charge is 0.507 e. The van der Waals surface area contributed by atoms with Crippen LogP contribution in [0.25, 0.3) is 44.5 Å². The van der Waals surface area contributed by atoms with Gasteiger partial charge in [0.2, 0.25) is 0 Å². The van der Waals surface area contributed by atoms with E-state index in [1.165, 1.54) is 0 Å². The van der Waals surface area contributed by atoms with Gasteiger partial charge < -0.3 is 5.11 Å². The van der Waals surface area contributed by atoms with Crippen LogP contribution in [0.15, 0.2) is 113 Å². The Kier molecular flexibility index (Phi) is 9.44. The molecule has 6 heteroatoms. The minimum absolute atomic E-state index is 0. The summed E-state index contributed by atoms with van der Waals surface area (Å²) in [6, 6.07) is 34.1. The summed E-state index contributed by atoms with van der Waals surface area (Å²) in [6.45, 7) is 8.55. The molecule has 0 saturated heterocycles. The third-order valence-electron chi connectivity index (χ3n) is 7.41. The molecule has 0 saturated carbocycles. The molecule has 6 aromatic rings. The molecule has 2 aromatic heterocycles. The second kappa shape index (κ2) is 13.2. The quantitative estimate of drug-likeness (QED) is 0.164. The average Bonchev–Trinajstić information content (AvgIpc) is 3.01. The van der Waals surface area contributed by atoms with Gasteiger partial charge in [0.05, 0.1) is 11.4 Å². The van der Waals surface area contributed by atoms with Gasteiger partial charge in [-0.25, -0.2) is 4.98 Å². The number of hydrogen-bond donors (Lipinski definition) is 1. The van der Waals surface area contributed by atoms with Crippen LogP contribution >= 0.6 is 11.8 Å². The summed E-state index contributed by atoms with van der Waals surface area (Å²) in [7, 11) is 0. The first-order valence-corrected chi connectivity index (χ1v) is 15.0. The van der Waals surface area contributed by atoms with Crippen molar-refractivity contribution in [2.45, 2.75) is 49.5 Å². The summed E-state index contributed by atoms with van der Waals surface area (Å²) in [5.74, 6) is 0.708. The SMILES string of the molecule is CC(C)c1cc(-c2nc(-c3[c-]c(Sc4nccc5ccccc45)ccc3)cnc2-c2ccccc2)c(O)c(C(C)C)c1.[Pt]. The van der Waals surface area contributed by atoms with E-state index >= 15 is 0 Å². The van der Waals surface area contributed by atoms with E-state index in [1.54, 1.807) is 18.0 Å². The second-order valence-corrected chi connectivity index (χ2v) is 12.0. The summed E-state index contributed by atoms with van der Waals surface area (Å²) >= 11 is 1.58. The molecule has 0 atom stereocenters. The molecule has 218 valence electrons. The first kappa shape index (κ1) is 30.7. The van der Waals surface area contributed by atoms with Crippen LogP contribution < -0.4 is 0 Å². The number of fused-ring (bicyclic) bond motifs is 1. The van der Waals surface area contributed by atoms with Crippen molar-refractivity contribution < 1.29 is 26.2 Å². The van der Waals surface area contributed by atoms with E-state index in [-0.39, 0.29) is 32.7 Å². The predicted molar refractivity (Wildman–Crippen MR) is 173 cm³/mol. The minimum Gasteiger partial charge on any atom is -0.507 e. The van der Waals surface area contributed by atoms with E-state index in [4.69, 9.17) is 9.97 Å². The van der Waals surface area contributed by atoms with E-state index in [0.29, 0.717) is 22.9 Å². The Morgan fingerprint density at radius 2 is 1.53 bits per heavy atom. The van der Waals surface area contributed by atoms with Crippen molar-refractivity contribution in [3.8, 4) is 39.5 Å². The standard InChI is InChI=1S/C37H32N3OS.Pt/c1-23(2)28-20-31(24(3)4)36(41)32(21-28)35-34(26-12-6-5-7-13-26)39-22-33(40-35)27-14-10-15-29(19-27)42-37-30-16-9-8-11-25(30)17-18-38-37;/h5-18,20-24,41H,1-4H3;/q-1;. The molecule has 4 nitrogen and oxygen atoms in total. The maximum Gasteiger partial charge on any atom is 0.128 e. The van der Waals surface area contributed by atoms with E-state index in [2.05, 4.69) is 63.0 Å². The molecule has 0 spiro atoms. The molecule has 0 aliphatic carbocycles. The Morgan fingerprint density at radius 3 is 2.30 bits per heavy atom. The normalized spacial score (nSPS) is 11.2. The Hall–Kier alpha value is -3.79. The van der Waals surface area contributed by atoms with Gasteiger partial charge >= 0.3 is 0 Å². The fourth-order valence-electron chi connectivity index (χ4n) is 5.08. The zero-order valence-corrected chi connectivity index (χ0v) is 27.6. The van der Waals surface area contributed by atoms with Gasteiger partial charge in [0.1, 0.15) is 10.8 Å². The first-order valence-electron chi connectivity index (χ1n) is 14.2. The third kappa shape index (κ3) is 6.44. The Morgan fingerprint density at radius 1 is 0.767 bits per heavy atom. The Bertz CT molecular complexity index is 1880. The zero-order valence-electron chi connectivity index (χ0n) is 24.5. The van der Waals surface area contributed by atoms with Gasteiger partial charge in [-0.3, -0.25) is 9.97 Å². The van der Waals surface area contributed by atoms with Crippen LogP contribution in [0, 0.1) is 6.07 Å². The maximum atomic E-state index is 11.6. The molecular formula is C37H32N3OPtS-. The van der Waals surface area contributed by atoms with Gasteiger partial charge in [0.25, 0.3) is 0 Å². The van der Waals surface area contributed by atoms with E-state index in [9.17, 15) is 5.11 Å². The molecule has 1 N–H and O–H groups in total. The number of aromatic hydroxyl groups is 1. The van der Waals surface area contributed by atoms with Crippen LogP contribution in [0.2, 0.25) is 0 Å². The van der Waals surface area contributed by atoms with Crippen LogP contribution in [-0.4, -0.2) is 20.1 Å². The van der Waals surface area contributed by atoms with Gasteiger partial charge in [-0.15, -0.1) is 29.8 Å². The fourth-order valence-corrected chi connectivity index (χ4v) is 6.01. The summed E-state index contributed by atoms with van der Waals surface area (Å²) in [5, 5.41) is 14.8. The fraction of sp³-hybridized carbons (Fsp3) is 0.162. The number of benzene rings is 4. The molecule has 0 aliphatic rings. The van der Waals surface area contributed by atoms with E-state index in [0.717, 1.165) is 48.6 Å². The number of phenols is 1. The Balaban J connectivity index is 0.00000368. The summed E-state index contributed by atoms with van der Waals surface area (Å²) in [6.07, 6.45) is 3.65. The van der Waals surface area contributed by atoms with Crippen LogP contribution in [0.3, 0.4) is 0 Å². The molecule has 0 fully saturated rings. The van der Waals surface area contributed by atoms with Crippen LogP contribution in [-0.2, 0) is 21.1 Å². The number of pyridine rings is 1. The molecule has 0 bridgehead atoms. The predicted octanol–water partition coefficient (Wildman–Crippen LogP) is 9.93. The van der Waals surface area contributed by atoms with Crippen molar-refractivity contribution in [3.63, 3.8) is 0 Å². The van der Waals surface area contributed by atoms with Crippen LogP contribution in [0.4, 0.5) is 0 Å². The van der Waals surface area contributed by atoms with Gasteiger partial charge in [0.15, 0.2) is 0 Å². The minimum atomic E-state index is 0. The third-order valence-corrected chi connectivity index (χ3v) is 8.39. The van der Waals surface area contributed by atoms with Gasteiger partial charge in [0, 0.05) is 55.7 Å². The smallest absolute Gasteiger partial charge is 0.128 e. The van der Waals surface area contributed by atoms with Crippen LogP contribution in [0.5, 0.6) is 5.75 Å². The average molecular weight is 762 g/mol. The topological polar surface area (TPSA) is 58.9 Å². The molecule has 4 aromatic carbocycles. The molecule has 0 amide bonds. The number of rotatable bonds is 7. The molecule has 0 radical (unpaired) electrons. The molecule has 43 heavy (non-hydrogen) atoms. The zero-order chi connectivity index (χ0) is 29.2. The van der Waals surface area contributed by atoms with Crippen molar-refractivity contribution in [1.29, 1.82) is 0 Å². The molecule has 2 heterocycles. The van der Waals surface area contributed by atoms with Crippen molar-refractivity contribution in [2.75, 3.05) is 0 Å². The van der Waals surface area contributed by atoms with E-state index in [1.807, 2.05) is 72.9 Å². The van der Waals surface area contributed by atoms with Gasteiger partial charge in [-0.05, 0) is 40.5 Å². The first-order chi connectivity index (χ1) is 20.4. The summed E-state index contributed by atoms with van der Waals surface area (Å²) in [5.41, 5.74) is 6.63. The summed E-state index contributed by atoms with van der Waals surface area (Å²) < 4.78 is 0. The number of aromatic nitrogens is 3. The monoisotopic (exact) mass is 761 g/mol. The summed E-state index contributed by atoms with van der Waals surface area (Å²) in [4.78, 5) is 15.7. The van der Waals surface area contributed by atoms with Crippen LogP contribution in [0.1, 0.15) is 50.7 Å². The second-order valence-electron chi connectivity index (χ2n) is 11.0. The van der Waals surface area contributed by atoms with Crippen molar-refractivity contribution in [1.82, 2.24) is 15.0 Å². The Labute approximate surface area is 271 Å². The van der Waals surface area contributed by atoms with Crippen molar-refractivity contribution in [3.05, 3.63) is 121 Å². The van der Waals surface area contributed by atoms with E-state index < -0.39 is 0 Å². The number of nitrogens with zero attached hydrogens (tertiary/aromatic N) is 3.